The summed E-state index contributed by atoms with van der Waals surface area (Å²) in [6.07, 6.45) is -0.162. The van der Waals surface area contributed by atoms with Crippen molar-refractivity contribution in [3.63, 3.8) is 0 Å². The van der Waals surface area contributed by atoms with Crippen LogP contribution < -0.4 is 20.5 Å². The second-order valence-corrected chi connectivity index (χ2v) is 11.5. The Bertz CT molecular complexity index is 1660. The Morgan fingerprint density at radius 3 is 2.74 bits per heavy atom. The van der Waals surface area contributed by atoms with Crippen LogP contribution in [0.15, 0.2) is 58.9 Å². The van der Waals surface area contributed by atoms with Crippen molar-refractivity contribution in [2.75, 3.05) is 31.4 Å². The lowest BCUT2D eigenvalue weighted by Crippen LogP contribution is -2.25. The van der Waals surface area contributed by atoms with E-state index < -0.39 is 5.79 Å². The highest BCUT2D eigenvalue weighted by molar-refractivity contribution is 7.98. The second kappa shape index (κ2) is 12.7. The van der Waals surface area contributed by atoms with E-state index >= 15 is 0 Å². The fraction of sp³-hybridized carbons (Fsp3) is 0.267. The zero-order valence-electron chi connectivity index (χ0n) is 23.2. The Balaban J connectivity index is 1.31. The molecule has 0 radical (unpaired) electrons. The number of nitrogens with zero attached hydrogens (tertiary/aromatic N) is 4. The van der Waals surface area contributed by atoms with Crippen molar-refractivity contribution in [2.24, 2.45) is 0 Å². The predicted octanol–water partition coefficient (Wildman–Crippen LogP) is 6.78. The van der Waals surface area contributed by atoms with Gasteiger partial charge < -0.3 is 30.0 Å². The van der Waals surface area contributed by atoms with E-state index in [-0.39, 0.29) is 23.2 Å². The molecular weight excluding hydrogens is 573 g/mol. The van der Waals surface area contributed by atoms with Crippen molar-refractivity contribution >= 4 is 45.4 Å². The second-order valence-electron chi connectivity index (χ2n) is 9.70. The van der Waals surface area contributed by atoms with Gasteiger partial charge in [-0.15, -0.1) is 11.3 Å². The molecule has 1 aliphatic rings. The molecule has 0 aliphatic carbocycles. The number of pyridine rings is 1. The van der Waals surface area contributed by atoms with Gasteiger partial charge in [-0.05, 0) is 43.7 Å². The standard InChI is InChI=1S/C30H28N6O4S2/c1-30(2)39-15-23(40-30)14-38-21-10-8-18(9-11-21)25-24(13-31)28(36-27(32)26(25)33-3)41-16-20-17-42-29(35-20)34-19-6-5-7-22(12-19)37-4/h5-12,17,23H,14-16H2,1-2,4H3,(H2,32,36)(H,34,35). The molecule has 0 saturated carbocycles. The van der Waals surface area contributed by atoms with Crippen LogP contribution in [0.4, 0.5) is 22.3 Å². The van der Waals surface area contributed by atoms with Crippen LogP contribution >= 0.6 is 23.1 Å². The van der Waals surface area contributed by atoms with Gasteiger partial charge in [-0.3, -0.25) is 0 Å². The fourth-order valence-electron chi connectivity index (χ4n) is 4.32. The number of benzene rings is 2. The smallest absolute Gasteiger partial charge is 0.236 e. The lowest BCUT2D eigenvalue weighted by atomic mass is 10.00. The highest BCUT2D eigenvalue weighted by atomic mass is 32.2. The number of hydrogen-bond acceptors (Lipinski definition) is 11. The Kier molecular flexibility index (Phi) is 8.80. The van der Waals surface area contributed by atoms with Crippen molar-refractivity contribution in [1.29, 1.82) is 5.26 Å². The molecule has 0 amide bonds. The third-order valence-corrected chi connectivity index (χ3v) is 8.08. The molecule has 42 heavy (non-hydrogen) atoms. The summed E-state index contributed by atoms with van der Waals surface area (Å²) in [6.45, 7) is 12.3. The maximum Gasteiger partial charge on any atom is 0.236 e. The summed E-state index contributed by atoms with van der Waals surface area (Å²) in [5.41, 5.74) is 9.44. The molecule has 3 heterocycles. The first-order chi connectivity index (χ1) is 20.3. The molecule has 10 nitrogen and oxygen atoms in total. The summed E-state index contributed by atoms with van der Waals surface area (Å²) < 4.78 is 22.5. The number of thiazole rings is 1. The third kappa shape index (κ3) is 6.75. The van der Waals surface area contributed by atoms with E-state index in [2.05, 4.69) is 26.2 Å². The number of methoxy groups -OCH3 is 1. The van der Waals surface area contributed by atoms with Crippen LogP contribution in [0.1, 0.15) is 25.1 Å². The lowest BCUT2D eigenvalue weighted by Gasteiger charge is -2.17. The van der Waals surface area contributed by atoms with Crippen molar-refractivity contribution in [3.05, 3.63) is 76.6 Å². The van der Waals surface area contributed by atoms with Gasteiger partial charge in [0.2, 0.25) is 5.69 Å². The Morgan fingerprint density at radius 2 is 2.05 bits per heavy atom. The van der Waals surface area contributed by atoms with E-state index in [0.717, 1.165) is 22.3 Å². The topological polar surface area (TPSA) is 129 Å². The van der Waals surface area contributed by atoms with Gasteiger partial charge in [0.15, 0.2) is 10.9 Å². The number of nitrogens with two attached hydrogens (primary N) is 1. The average molecular weight is 601 g/mol. The average Bonchev–Trinajstić information content (AvgIpc) is 3.59. The van der Waals surface area contributed by atoms with Crippen LogP contribution in [0.3, 0.4) is 0 Å². The summed E-state index contributed by atoms with van der Waals surface area (Å²) in [7, 11) is 1.62. The van der Waals surface area contributed by atoms with Gasteiger partial charge in [0.05, 0.1) is 31.5 Å². The lowest BCUT2D eigenvalue weighted by molar-refractivity contribution is -0.141. The molecule has 1 aliphatic heterocycles. The quantitative estimate of drug-likeness (QED) is 0.148. The molecule has 5 rings (SSSR count). The van der Waals surface area contributed by atoms with Crippen LogP contribution in [-0.4, -0.2) is 42.2 Å². The van der Waals surface area contributed by atoms with Crippen molar-refractivity contribution in [2.45, 2.75) is 36.5 Å². The molecule has 1 unspecified atom stereocenters. The van der Waals surface area contributed by atoms with Crippen LogP contribution in [0, 0.1) is 17.9 Å². The van der Waals surface area contributed by atoms with Crippen molar-refractivity contribution in [1.82, 2.24) is 9.97 Å². The Hall–Kier alpha value is -4.33. The molecule has 0 bridgehead atoms. The molecule has 12 heteroatoms. The molecular formula is C30H28N6O4S2. The predicted molar refractivity (Wildman–Crippen MR) is 163 cm³/mol. The van der Waals surface area contributed by atoms with Gasteiger partial charge in [-0.1, -0.05) is 30.0 Å². The van der Waals surface area contributed by atoms with Gasteiger partial charge in [-0.25, -0.2) is 14.8 Å². The highest BCUT2D eigenvalue weighted by Crippen LogP contribution is 2.42. The van der Waals surface area contributed by atoms with Crippen LogP contribution in [0.5, 0.6) is 11.5 Å². The first-order valence-electron chi connectivity index (χ1n) is 12.9. The molecule has 2 aromatic carbocycles. The Morgan fingerprint density at radius 1 is 1.24 bits per heavy atom. The van der Waals surface area contributed by atoms with Gasteiger partial charge in [-0.2, -0.15) is 5.26 Å². The van der Waals surface area contributed by atoms with Gasteiger partial charge in [0, 0.05) is 28.5 Å². The molecule has 1 saturated heterocycles. The summed E-state index contributed by atoms with van der Waals surface area (Å²) in [5, 5.41) is 16.5. The number of anilines is 3. The Labute approximate surface area is 252 Å². The van der Waals surface area contributed by atoms with Crippen LogP contribution in [0.2, 0.25) is 0 Å². The monoisotopic (exact) mass is 600 g/mol. The number of nitrogen functional groups attached to an aromatic ring is 1. The van der Waals surface area contributed by atoms with Gasteiger partial charge >= 0.3 is 0 Å². The third-order valence-electron chi connectivity index (χ3n) is 6.26. The summed E-state index contributed by atoms with van der Waals surface area (Å²) in [5.74, 6) is 1.30. The minimum atomic E-state index is -0.617. The molecule has 0 spiro atoms. The maximum absolute atomic E-state index is 10.2. The minimum absolute atomic E-state index is 0.0708. The van der Waals surface area contributed by atoms with Crippen LogP contribution in [0.25, 0.3) is 16.0 Å². The first-order valence-corrected chi connectivity index (χ1v) is 14.8. The largest absolute Gasteiger partial charge is 0.497 e. The number of hydrogen-bond donors (Lipinski definition) is 2. The fourth-order valence-corrected chi connectivity index (χ4v) is 6.05. The van der Waals surface area contributed by atoms with E-state index in [0.29, 0.717) is 40.9 Å². The van der Waals surface area contributed by atoms with Crippen LogP contribution in [-0.2, 0) is 15.2 Å². The van der Waals surface area contributed by atoms with E-state index in [1.165, 1.54) is 23.1 Å². The molecule has 3 N–H and O–H groups in total. The number of nitrogens with one attached hydrogen (secondary N) is 1. The molecule has 214 valence electrons. The van der Waals surface area contributed by atoms with Gasteiger partial charge in [0.1, 0.15) is 41.1 Å². The van der Waals surface area contributed by atoms with E-state index in [9.17, 15) is 5.26 Å². The highest BCUT2D eigenvalue weighted by Gasteiger charge is 2.33. The summed E-state index contributed by atoms with van der Waals surface area (Å²) in [4.78, 5) is 12.7. The SMILES string of the molecule is [C-]#[N+]c1c(N)nc(SCc2csc(Nc3cccc(OC)c3)n2)c(C#N)c1-c1ccc(OCC2COC(C)(C)O2)cc1. The first kappa shape index (κ1) is 29.2. The molecule has 1 atom stereocenters. The summed E-state index contributed by atoms with van der Waals surface area (Å²) >= 11 is 2.82. The van der Waals surface area contributed by atoms with Gasteiger partial charge in [0.25, 0.3) is 0 Å². The maximum atomic E-state index is 10.2. The van der Waals surface area contributed by atoms with E-state index in [1.807, 2.05) is 43.5 Å². The number of rotatable bonds is 10. The number of thioether (sulfide) groups is 1. The number of nitriles is 1. The number of aromatic nitrogens is 2. The number of ether oxygens (including phenoxy) is 4. The zero-order valence-corrected chi connectivity index (χ0v) is 24.8. The molecule has 1 fully saturated rings. The molecule has 2 aromatic heterocycles. The van der Waals surface area contributed by atoms with Crippen molar-refractivity contribution in [3.8, 4) is 28.7 Å². The normalized spacial score (nSPS) is 15.5. The zero-order chi connectivity index (χ0) is 29.7. The minimum Gasteiger partial charge on any atom is -0.497 e. The van der Waals surface area contributed by atoms with E-state index in [1.54, 1.807) is 31.4 Å². The molecule has 4 aromatic rings. The summed E-state index contributed by atoms with van der Waals surface area (Å²) in [6, 6.07) is 17.0. The van der Waals surface area contributed by atoms with Crippen molar-refractivity contribution < 1.29 is 18.9 Å². The van der Waals surface area contributed by atoms with E-state index in [4.69, 9.17) is 31.3 Å².